The number of hydrogen-bond donors (Lipinski definition) is 1. The average Bonchev–Trinajstić information content (AvgIpc) is 2.46. The molecule has 1 aromatic rings. The van der Waals surface area contributed by atoms with Crippen LogP contribution in [-0.2, 0) is 10.2 Å². The van der Waals surface area contributed by atoms with Gasteiger partial charge >= 0.3 is 0 Å². The zero-order chi connectivity index (χ0) is 11.1. The first-order valence-corrected chi connectivity index (χ1v) is 5.50. The molecule has 0 aromatic heterocycles. The fraction of sp³-hybridized carbons (Fsp3) is 0.364. The van der Waals surface area contributed by atoms with Crippen molar-refractivity contribution >= 4 is 29.1 Å². The Morgan fingerprint density at radius 2 is 1.93 bits per heavy atom. The molecule has 2 rings (SSSR count). The Balaban J connectivity index is 2.49. The van der Waals surface area contributed by atoms with E-state index < -0.39 is 0 Å². The first kappa shape index (κ1) is 10.8. The summed E-state index contributed by atoms with van der Waals surface area (Å²) >= 11 is 12.2. The van der Waals surface area contributed by atoms with Gasteiger partial charge in [-0.05, 0) is 17.7 Å². The summed E-state index contributed by atoms with van der Waals surface area (Å²) in [6.45, 7) is 2.59. The van der Waals surface area contributed by atoms with Crippen LogP contribution in [0.3, 0.4) is 0 Å². The topological polar surface area (TPSA) is 29.1 Å². The Kier molecular flexibility index (Phi) is 2.65. The highest BCUT2D eigenvalue weighted by atomic mass is 35.5. The molecule has 0 saturated carbocycles. The maximum absolute atomic E-state index is 11.3. The third-order valence-corrected chi connectivity index (χ3v) is 3.42. The molecule has 15 heavy (non-hydrogen) atoms. The molecule has 1 aliphatic heterocycles. The Hall–Kier alpha value is -0.730. The quantitative estimate of drug-likeness (QED) is 0.808. The molecule has 80 valence electrons. The normalized spacial score (nSPS) is 25.4. The van der Waals surface area contributed by atoms with Gasteiger partial charge in [-0.15, -0.1) is 0 Å². The molecule has 0 bridgehead atoms. The molecule has 1 N–H and O–H groups in total. The van der Waals surface area contributed by atoms with E-state index in [0.29, 0.717) is 23.0 Å². The van der Waals surface area contributed by atoms with Crippen LogP contribution < -0.4 is 5.32 Å². The lowest BCUT2D eigenvalue weighted by atomic mass is 9.81. The molecule has 0 radical (unpaired) electrons. The van der Waals surface area contributed by atoms with Crippen molar-refractivity contribution in [1.29, 1.82) is 0 Å². The molecule has 1 fully saturated rings. The highest BCUT2D eigenvalue weighted by Crippen LogP contribution is 2.39. The largest absolute Gasteiger partial charge is 0.355 e. The molecule has 1 aliphatic rings. The number of benzene rings is 1. The van der Waals surface area contributed by atoms with Gasteiger partial charge in [-0.25, -0.2) is 0 Å². The van der Waals surface area contributed by atoms with Crippen molar-refractivity contribution in [2.75, 3.05) is 6.54 Å². The molecule has 4 heteroatoms. The molecule has 1 aromatic carbocycles. The van der Waals surface area contributed by atoms with E-state index in [1.54, 1.807) is 12.1 Å². The second-order valence-corrected chi connectivity index (χ2v) is 4.93. The van der Waals surface area contributed by atoms with Crippen LogP contribution in [0.25, 0.3) is 0 Å². The summed E-state index contributed by atoms with van der Waals surface area (Å²) in [5.74, 6) is 0.0495. The maximum atomic E-state index is 11.3. The molecule has 2 nitrogen and oxygen atoms in total. The van der Waals surface area contributed by atoms with Gasteiger partial charge in [-0.1, -0.05) is 36.2 Å². The molecule has 1 heterocycles. The van der Waals surface area contributed by atoms with Crippen LogP contribution in [0.1, 0.15) is 18.9 Å². The fourth-order valence-corrected chi connectivity index (χ4v) is 2.88. The van der Waals surface area contributed by atoms with Crippen LogP contribution in [0.15, 0.2) is 18.2 Å². The summed E-state index contributed by atoms with van der Waals surface area (Å²) in [5, 5.41) is 4.06. The first-order chi connectivity index (χ1) is 7.03. The molecule has 1 amide bonds. The molecular weight excluding hydrogens is 233 g/mol. The lowest BCUT2D eigenvalue weighted by molar-refractivity contribution is -0.119. The summed E-state index contributed by atoms with van der Waals surface area (Å²) in [7, 11) is 0. The molecule has 1 saturated heterocycles. The zero-order valence-electron chi connectivity index (χ0n) is 8.31. The summed E-state index contributed by atoms with van der Waals surface area (Å²) in [6, 6.07) is 5.41. The van der Waals surface area contributed by atoms with Gasteiger partial charge in [0.2, 0.25) is 5.91 Å². The molecular formula is C11H11Cl2NO. The lowest BCUT2D eigenvalue weighted by Gasteiger charge is -2.24. The number of carbonyl (C=O) groups excluding carboxylic acids is 1. The summed E-state index contributed by atoms with van der Waals surface area (Å²) < 4.78 is 0. The van der Waals surface area contributed by atoms with Crippen molar-refractivity contribution in [1.82, 2.24) is 5.32 Å². The second-order valence-electron chi connectivity index (χ2n) is 4.11. The summed E-state index contributed by atoms with van der Waals surface area (Å²) in [4.78, 5) is 11.3. The maximum Gasteiger partial charge on any atom is 0.220 e. The number of hydrogen-bond acceptors (Lipinski definition) is 1. The van der Waals surface area contributed by atoms with Crippen LogP contribution in [0, 0.1) is 0 Å². The SMILES string of the molecule is CC1(c2c(Cl)cccc2Cl)CNC(=O)C1. The lowest BCUT2D eigenvalue weighted by Crippen LogP contribution is -2.25. The van der Waals surface area contributed by atoms with E-state index in [0.717, 1.165) is 5.56 Å². The monoisotopic (exact) mass is 243 g/mol. The summed E-state index contributed by atoms with van der Waals surface area (Å²) in [5.41, 5.74) is 0.582. The van der Waals surface area contributed by atoms with Gasteiger partial charge in [0, 0.05) is 28.4 Å². The zero-order valence-corrected chi connectivity index (χ0v) is 9.82. The number of halogens is 2. The van der Waals surface area contributed by atoms with Gasteiger partial charge < -0.3 is 5.32 Å². The van der Waals surface area contributed by atoms with Crippen LogP contribution in [0.4, 0.5) is 0 Å². The van der Waals surface area contributed by atoms with E-state index in [2.05, 4.69) is 5.32 Å². The van der Waals surface area contributed by atoms with E-state index in [-0.39, 0.29) is 11.3 Å². The Morgan fingerprint density at radius 3 is 2.40 bits per heavy atom. The van der Waals surface area contributed by atoms with E-state index >= 15 is 0 Å². The molecule has 1 atom stereocenters. The van der Waals surface area contributed by atoms with Crippen molar-refractivity contribution in [2.45, 2.75) is 18.8 Å². The predicted octanol–water partition coefficient (Wildman–Crippen LogP) is 2.77. The van der Waals surface area contributed by atoms with Crippen molar-refractivity contribution in [3.05, 3.63) is 33.8 Å². The van der Waals surface area contributed by atoms with Gasteiger partial charge in [0.25, 0.3) is 0 Å². The average molecular weight is 244 g/mol. The minimum Gasteiger partial charge on any atom is -0.355 e. The summed E-state index contributed by atoms with van der Waals surface area (Å²) in [6.07, 6.45) is 0.441. The van der Waals surface area contributed by atoms with Gasteiger partial charge in [0.05, 0.1) is 0 Å². The number of carbonyl (C=O) groups is 1. The minimum atomic E-state index is -0.285. The van der Waals surface area contributed by atoms with Crippen molar-refractivity contribution in [2.24, 2.45) is 0 Å². The van der Waals surface area contributed by atoms with E-state index in [1.807, 2.05) is 13.0 Å². The van der Waals surface area contributed by atoms with Crippen LogP contribution in [0.5, 0.6) is 0 Å². The highest BCUT2D eigenvalue weighted by Gasteiger charge is 2.38. The molecule has 0 spiro atoms. The molecule has 0 aliphatic carbocycles. The van der Waals surface area contributed by atoms with Crippen LogP contribution >= 0.6 is 23.2 Å². The van der Waals surface area contributed by atoms with Crippen LogP contribution in [-0.4, -0.2) is 12.5 Å². The standard InChI is InChI=1S/C11H11Cl2NO/c1-11(5-9(15)14-6-11)10-7(12)3-2-4-8(10)13/h2-4H,5-6H2,1H3,(H,14,15). The van der Waals surface area contributed by atoms with Gasteiger partial charge in [-0.2, -0.15) is 0 Å². The second kappa shape index (κ2) is 3.69. The number of nitrogens with one attached hydrogen (secondary N) is 1. The third-order valence-electron chi connectivity index (χ3n) is 2.79. The first-order valence-electron chi connectivity index (χ1n) is 4.74. The number of rotatable bonds is 1. The van der Waals surface area contributed by atoms with Gasteiger partial charge in [0.1, 0.15) is 0 Å². The van der Waals surface area contributed by atoms with E-state index in [9.17, 15) is 4.79 Å². The Bertz CT molecular complexity index is 399. The minimum absolute atomic E-state index is 0.0495. The Morgan fingerprint density at radius 1 is 1.33 bits per heavy atom. The predicted molar refractivity (Wildman–Crippen MR) is 61.4 cm³/mol. The molecule has 1 unspecified atom stereocenters. The van der Waals surface area contributed by atoms with Gasteiger partial charge in [-0.3, -0.25) is 4.79 Å². The smallest absolute Gasteiger partial charge is 0.220 e. The van der Waals surface area contributed by atoms with Crippen molar-refractivity contribution in [3.63, 3.8) is 0 Å². The third kappa shape index (κ3) is 1.84. The van der Waals surface area contributed by atoms with Crippen molar-refractivity contribution < 1.29 is 4.79 Å². The highest BCUT2D eigenvalue weighted by molar-refractivity contribution is 6.36. The van der Waals surface area contributed by atoms with Crippen molar-refractivity contribution in [3.8, 4) is 0 Å². The van der Waals surface area contributed by atoms with E-state index in [1.165, 1.54) is 0 Å². The van der Waals surface area contributed by atoms with E-state index in [4.69, 9.17) is 23.2 Å². The number of amides is 1. The van der Waals surface area contributed by atoms with Gasteiger partial charge in [0.15, 0.2) is 0 Å². The Labute approximate surface area is 98.6 Å². The van der Waals surface area contributed by atoms with Crippen LogP contribution in [0.2, 0.25) is 10.0 Å². The fourth-order valence-electron chi connectivity index (χ4n) is 2.02.